The summed E-state index contributed by atoms with van der Waals surface area (Å²) in [6.07, 6.45) is -0.967. The molecular formula is C23H24ClN3O8S. The molecule has 0 amide bonds. The third-order valence-electron chi connectivity index (χ3n) is 4.87. The predicted octanol–water partition coefficient (Wildman–Crippen LogP) is 3.78. The number of aromatic nitrogens is 2. The monoisotopic (exact) mass is 537 g/mol. The van der Waals surface area contributed by atoms with Gasteiger partial charge in [0.2, 0.25) is 15.8 Å². The summed E-state index contributed by atoms with van der Waals surface area (Å²) in [5, 5.41) is 22.2. The quantitative estimate of drug-likeness (QED) is 0.348. The molecule has 11 nitrogen and oxygen atoms in total. The van der Waals surface area contributed by atoms with Gasteiger partial charge in [-0.05, 0) is 56.3 Å². The van der Waals surface area contributed by atoms with Crippen molar-refractivity contribution >= 4 is 33.6 Å². The Hall–Kier alpha value is -3.48. The lowest BCUT2D eigenvalue weighted by molar-refractivity contribution is -0.137. The molecule has 0 aliphatic rings. The van der Waals surface area contributed by atoms with Crippen molar-refractivity contribution < 1.29 is 37.5 Å². The van der Waals surface area contributed by atoms with Crippen LogP contribution in [0.15, 0.2) is 51.9 Å². The van der Waals surface area contributed by atoms with E-state index in [0.29, 0.717) is 21.9 Å². The fourth-order valence-electron chi connectivity index (χ4n) is 3.16. The second kappa shape index (κ2) is 11.5. The van der Waals surface area contributed by atoms with Crippen LogP contribution in [0.1, 0.15) is 26.7 Å². The Balaban J connectivity index is 1.81. The van der Waals surface area contributed by atoms with Gasteiger partial charge >= 0.3 is 11.9 Å². The second-order valence-corrected chi connectivity index (χ2v) is 10.3. The van der Waals surface area contributed by atoms with Crippen molar-refractivity contribution in [3.8, 4) is 28.6 Å². The van der Waals surface area contributed by atoms with Crippen molar-refractivity contribution in [2.75, 3.05) is 13.1 Å². The lowest BCUT2D eigenvalue weighted by atomic mass is 10.2. The molecule has 2 N–H and O–H groups in total. The average Bonchev–Trinajstić information content (AvgIpc) is 3.30. The van der Waals surface area contributed by atoms with Gasteiger partial charge in [0.05, 0.1) is 28.9 Å². The van der Waals surface area contributed by atoms with E-state index < -0.39 is 34.8 Å². The van der Waals surface area contributed by atoms with Crippen LogP contribution in [0.4, 0.5) is 0 Å². The molecule has 0 saturated carbocycles. The summed E-state index contributed by atoms with van der Waals surface area (Å²) in [7, 11) is -4.13. The fourth-order valence-corrected chi connectivity index (χ4v) is 4.83. The van der Waals surface area contributed by atoms with Gasteiger partial charge in [-0.3, -0.25) is 9.59 Å². The molecule has 0 atom stereocenters. The molecule has 0 unspecified atom stereocenters. The Morgan fingerprint density at radius 2 is 1.61 bits per heavy atom. The number of hydrogen-bond acceptors (Lipinski definition) is 8. The van der Waals surface area contributed by atoms with Crippen molar-refractivity contribution in [3.05, 3.63) is 47.5 Å². The minimum atomic E-state index is -4.13. The number of sulfonamides is 1. The number of hydrogen-bond donors (Lipinski definition) is 2. The van der Waals surface area contributed by atoms with Gasteiger partial charge in [-0.25, -0.2) is 8.42 Å². The Bertz CT molecular complexity index is 1320. The zero-order valence-electron chi connectivity index (χ0n) is 19.4. The zero-order chi connectivity index (χ0) is 26.5. The smallest absolute Gasteiger partial charge is 0.304 e. The van der Waals surface area contributed by atoms with Crippen molar-refractivity contribution in [3.63, 3.8) is 0 Å². The van der Waals surface area contributed by atoms with Gasteiger partial charge < -0.3 is 19.5 Å². The number of nitrogens with zero attached hydrogens (tertiary/aromatic N) is 3. The highest BCUT2D eigenvalue weighted by Crippen LogP contribution is 2.31. The zero-order valence-corrected chi connectivity index (χ0v) is 21.0. The minimum Gasteiger partial charge on any atom is -0.489 e. The number of carboxylic acid groups (broad SMARTS) is 2. The van der Waals surface area contributed by atoms with Gasteiger partial charge in [-0.2, -0.15) is 9.29 Å². The van der Waals surface area contributed by atoms with Crippen LogP contribution >= 0.6 is 11.6 Å². The van der Waals surface area contributed by atoms with Crippen LogP contribution in [-0.2, 0) is 19.6 Å². The molecule has 0 aliphatic heterocycles. The highest BCUT2D eigenvalue weighted by Gasteiger charge is 2.26. The molecule has 0 aliphatic carbocycles. The molecule has 0 saturated heterocycles. The van der Waals surface area contributed by atoms with E-state index in [2.05, 4.69) is 10.1 Å². The van der Waals surface area contributed by atoms with Gasteiger partial charge in [0.1, 0.15) is 5.75 Å². The van der Waals surface area contributed by atoms with Gasteiger partial charge in [0, 0.05) is 24.2 Å². The molecule has 36 heavy (non-hydrogen) atoms. The van der Waals surface area contributed by atoms with Gasteiger partial charge in [0.25, 0.3) is 5.89 Å². The van der Waals surface area contributed by atoms with E-state index in [0.717, 1.165) is 4.31 Å². The average molecular weight is 538 g/mol. The summed E-state index contributed by atoms with van der Waals surface area (Å²) < 4.78 is 37.7. The second-order valence-electron chi connectivity index (χ2n) is 7.95. The normalized spacial score (nSPS) is 11.7. The molecule has 0 fully saturated rings. The van der Waals surface area contributed by atoms with E-state index >= 15 is 0 Å². The van der Waals surface area contributed by atoms with Crippen LogP contribution in [0.5, 0.6) is 5.75 Å². The van der Waals surface area contributed by atoms with Gasteiger partial charge in [0.15, 0.2) is 0 Å². The maximum Gasteiger partial charge on any atom is 0.304 e. The number of rotatable bonds is 12. The number of aliphatic carboxylic acids is 2. The van der Waals surface area contributed by atoms with Crippen molar-refractivity contribution in [2.24, 2.45) is 0 Å². The SMILES string of the molecule is CC(C)Oc1ccc(-c2noc(-c3ccc(S(=O)(=O)N(CCC(=O)O)CCC(=O)O)cc3)n2)cc1Cl. The minimum absolute atomic E-state index is 0.0432. The number of benzene rings is 2. The van der Waals surface area contributed by atoms with E-state index in [1.807, 2.05) is 13.8 Å². The first kappa shape index (κ1) is 27.1. The molecule has 0 bridgehead atoms. The molecule has 192 valence electrons. The van der Waals surface area contributed by atoms with Crippen molar-refractivity contribution in [1.82, 2.24) is 14.4 Å². The molecule has 3 rings (SSSR count). The lowest BCUT2D eigenvalue weighted by Gasteiger charge is -2.20. The number of carboxylic acids is 2. The standard InChI is InChI=1S/C23H24ClN3O8S/c1-14(2)34-19-8-5-16(13-18(19)24)22-25-23(35-26-22)15-3-6-17(7-4-15)36(32,33)27(11-9-20(28)29)12-10-21(30)31/h3-8,13-14H,9-12H2,1-2H3,(H,28,29)(H,30,31). The lowest BCUT2D eigenvalue weighted by Crippen LogP contribution is -2.34. The fraction of sp³-hybridized carbons (Fsp3) is 0.304. The number of ether oxygens (including phenoxy) is 1. The van der Waals surface area contributed by atoms with Crippen LogP contribution in [0.25, 0.3) is 22.8 Å². The summed E-state index contributed by atoms with van der Waals surface area (Å²) in [6, 6.07) is 10.6. The summed E-state index contributed by atoms with van der Waals surface area (Å²) in [6.45, 7) is 3.05. The number of carbonyl (C=O) groups is 2. The van der Waals surface area contributed by atoms with E-state index in [4.69, 9.17) is 31.1 Å². The largest absolute Gasteiger partial charge is 0.489 e. The molecule has 13 heteroatoms. The Kier molecular flexibility index (Phi) is 8.66. The Labute approximate surface area is 212 Å². The molecule has 0 spiro atoms. The van der Waals surface area contributed by atoms with E-state index in [9.17, 15) is 18.0 Å². The topological polar surface area (TPSA) is 160 Å². The molecule has 1 aromatic heterocycles. The third kappa shape index (κ3) is 6.80. The Morgan fingerprint density at radius 3 is 2.14 bits per heavy atom. The van der Waals surface area contributed by atoms with Crippen LogP contribution in [0.2, 0.25) is 5.02 Å². The summed E-state index contributed by atoms with van der Waals surface area (Å²) >= 11 is 6.28. The predicted molar refractivity (Wildman–Crippen MR) is 129 cm³/mol. The summed E-state index contributed by atoms with van der Waals surface area (Å²) in [5.41, 5.74) is 1.04. The molecule has 2 aromatic carbocycles. The highest BCUT2D eigenvalue weighted by molar-refractivity contribution is 7.89. The van der Waals surface area contributed by atoms with E-state index in [1.54, 1.807) is 18.2 Å². The van der Waals surface area contributed by atoms with Crippen LogP contribution < -0.4 is 4.74 Å². The maximum absolute atomic E-state index is 13.0. The van der Waals surface area contributed by atoms with Crippen molar-refractivity contribution in [2.45, 2.75) is 37.7 Å². The molecule has 0 radical (unpaired) electrons. The summed E-state index contributed by atoms with van der Waals surface area (Å²) in [4.78, 5) is 26.0. The van der Waals surface area contributed by atoms with Crippen LogP contribution in [-0.4, -0.2) is 64.2 Å². The van der Waals surface area contributed by atoms with Crippen LogP contribution in [0, 0.1) is 0 Å². The van der Waals surface area contributed by atoms with Gasteiger partial charge in [-0.15, -0.1) is 0 Å². The van der Waals surface area contributed by atoms with E-state index in [1.165, 1.54) is 24.3 Å². The summed E-state index contributed by atoms with van der Waals surface area (Å²) in [5.74, 6) is -1.46. The van der Waals surface area contributed by atoms with E-state index in [-0.39, 0.29) is 35.8 Å². The first-order chi connectivity index (χ1) is 17.0. The molecule has 3 aromatic rings. The number of halogens is 1. The highest BCUT2D eigenvalue weighted by atomic mass is 35.5. The third-order valence-corrected chi connectivity index (χ3v) is 7.08. The first-order valence-corrected chi connectivity index (χ1v) is 12.6. The Morgan fingerprint density at radius 1 is 1.03 bits per heavy atom. The first-order valence-electron chi connectivity index (χ1n) is 10.8. The molecular weight excluding hydrogens is 514 g/mol. The van der Waals surface area contributed by atoms with Crippen LogP contribution in [0.3, 0.4) is 0 Å². The molecule has 1 heterocycles. The van der Waals surface area contributed by atoms with Crippen molar-refractivity contribution in [1.29, 1.82) is 0 Å². The maximum atomic E-state index is 13.0. The van der Waals surface area contributed by atoms with Gasteiger partial charge in [-0.1, -0.05) is 16.8 Å².